The maximum absolute atomic E-state index is 13.3. The molecular formula is C19H21N5O2. The van der Waals surface area contributed by atoms with Crippen molar-refractivity contribution in [1.29, 1.82) is 0 Å². The van der Waals surface area contributed by atoms with Crippen LogP contribution in [-0.2, 0) is 0 Å². The topological polar surface area (TPSA) is 77.0 Å². The molecule has 0 bridgehead atoms. The van der Waals surface area contributed by atoms with Crippen LogP contribution in [0.25, 0.3) is 11.1 Å². The Morgan fingerprint density at radius 3 is 2.73 bits per heavy atom. The Morgan fingerprint density at radius 1 is 1.23 bits per heavy atom. The van der Waals surface area contributed by atoms with E-state index in [0.29, 0.717) is 23.2 Å². The molecular weight excluding hydrogens is 330 g/mol. The first-order valence-electron chi connectivity index (χ1n) is 9.24. The summed E-state index contributed by atoms with van der Waals surface area (Å²) in [7, 11) is 0. The van der Waals surface area contributed by atoms with E-state index in [1.165, 1.54) is 0 Å². The van der Waals surface area contributed by atoms with Gasteiger partial charge in [-0.3, -0.25) is 4.79 Å². The fraction of sp³-hybridized carbons (Fsp3) is 0.474. The fourth-order valence-corrected chi connectivity index (χ4v) is 3.89. The molecule has 4 heterocycles. The van der Waals surface area contributed by atoms with Gasteiger partial charge in [0, 0.05) is 43.1 Å². The molecule has 0 unspecified atom stereocenters. The molecule has 1 saturated heterocycles. The van der Waals surface area contributed by atoms with Crippen LogP contribution in [0.5, 0.6) is 0 Å². The number of aryl methyl sites for hydroxylation is 1. The minimum atomic E-state index is 0.0645. The predicted octanol–water partition coefficient (Wildman–Crippen LogP) is 3.08. The van der Waals surface area contributed by atoms with E-state index in [9.17, 15) is 4.79 Å². The smallest absolute Gasteiger partial charge is 0.259 e. The van der Waals surface area contributed by atoms with Crippen molar-refractivity contribution in [2.45, 2.75) is 44.6 Å². The molecule has 1 amide bonds. The van der Waals surface area contributed by atoms with Gasteiger partial charge in [0.05, 0.1) is 23.0 Å². The molecule has 1 aliphatic heterocycles. The van der Waals surface area contributed by atoms with E-state index in [0.717, 1.165) is 55.5 Å². The van der Waals surface area contributed by atoms with Gasteiger partial charge in [-0.2, -0.15) is 0 Å². The molecule has 3 aromatic rings. The number of fused-ring (bicyclic) bond motifs is 1. The predicted molar refractivity (Wildman–Crippen MR) is 94.9 cm³/mol. The Balaban J connectivity index is 1.42. The molecule has 0 spiro atoms. The number of pyridine rings is 1. The average Bonchev–Trinajstić information content (AvgIpc) is 3.25. The quantitative estimate of drug-likeness (QED) is 0.725. The van der Waals surface area contributed by atoms with Crippen molar-refractivity contribution in [2.24, 2.45) is 0 Å². The van der Waals surface area contributed by atoms with Gasteiger partial charge in [0.1, 0.15) is 0 Å². The summed E-state index contributed by atoms with van der Waals surface area (Å²) >= 11 is 0. The second-order valence-electron chi connectivity index (χ2n) is 7.35. The third kappa shape index (κ3) is 2.58. The van der Waals surface area contributed by atoms with E-state index < -0.39 is 0 Å². The SMILES string of the molecule is Cc1noc2nc(C3CC3)cc(C(=O)N3CCC(n4ccnc4)CC3)c12. The van der Waals surface area contributed by atoms with E-state index in [1.54, 1.807) is 6.20 Å². The van der Waals surface area contributed by atoms with E-state index in [2.05, 4.69) is 19.7 Å². The summed E-state index contributed by atoms with van der Waals surface area (Å²) in [5.74, 6) is 0.526. The van der Waals surface area contributed by atoms with Gasteiger partial charge in [0.25, 0.3) is 11.6 Å². The maximum Gasteiger partial charge on any atom is 0.259 e. The van der Waals surface area contributed by atoms with Crippen LogP contribution in [-0.4, -0.2) is 43.6 Å². The highest BCUT2D eigenvalue weighted by Crippen LogP contribution is 2.40. The first-order valence-corrected chi connectivity index (χ1v) is 9.24. The molecule has 5 rings (SSSR count). The summed E-state index contributed by atoms with van der Waals surface area (Å²) in [5, 5.41) is 4.79. The molecule has 7 nitrogen and oxygen atoms in total. The van der Waals surface area contributed by atoms with Gasteiger partial charge in [-0.05, 0) is 38.7 Å². The highest BCUT2D eigenvalue weighted by molar-refractivity contribution is 6.06. The van der Waals surface area contributed by atoms with E-state index >= 15 is 0 Å². The Hall–Kier alpha value is -2.70. The van der Waals surface area contributed by atoms with Crippen LogP contribution in [0.15, 0.2) is 29.3 Å². The Bertz CT molecular complexity index is 950. The molecule has 1 saturated carbocycles. The highest BCUT2D eigenvalue weighted by atomic mass is 16.5. The standard InChI is InChI=1S/C19H21N5O2/c1-12-17-15(10-16(13-2-3-13)21-18(17)26-22-12)19(25)23-7-4-14(5-8-23)24-9-6-20-11-24/h6,9-11,13-14H,2-5,7-8H2,1H3. The summed E-state index contributed by atoms with van der Waals surface area (Å²) in [5.41, 5.74) is 2.87. The zero-order valence-electron chi connectivity index (χ0n) is 14.8. The number of amides is 1. The van der Waals surface area contributed by atoms with Gasteiger partial charge in [-0.25, -0.2) is 9.97 Å². The highest BCUT2D eigenvalue weighted by Gasteiger charge is 2.31. The summed E-state index contributed by atoms with van der Waals surface area (Å²) in [6, 6.07) is 2.38. The van der Waals surface area contributed by atoms with Gasteiger partial charge in [0.15, 0.2) is 0 Å². The molecule has 2 aliphatic rings. The van der Waals surface area contributed by atoms with Gasteiger partial charge in [-0.15, -0.1) is 0 Å². The number of nitrogens with zero attached hydrogens (tertiary/aromatic N) is 5. The molecule has 26 heavy (non-hydrogen) atoms. The van der Waals surface area contributed by atoms with Gasteiger partial charge >= 0.3 is 0 Å². The Labute approximate surface area is 151 Å². The van der Waals surface area contributed by atoms with Crippen LogP contribution < -0.4 is 0 Å². The van der Waals surface area contributed by atoms with Crippen LogP contribution in [0.1, 0.15) is 59.4 Å². The van der Waals surface area contributed by atoms with Crippen molar-refractivity contribution in [3.05, 3.63) is 41.7 Å². The number of hydrogen-bond donors (Lipinski definition) is 0. The van der Waals surface area contributed by atoms with Crippen LogP contribution in [0.2, 0.25) is 0 Å². The van der Waals surface area contributed by atoms with E-state index in [4.69, 9.17) is 4.52 Å². The lowest BCUT2D eigenvalue weighted by Crippen LogP contribution is -2.39. The first-order chi connectivity index (χ1) is 12.7. The molecule has 134 valence electrons. The summed E-state index contributed by atoms with van der Waals surface area (Å²) in [6.45, 7) is 3.36. The van der Waals surface area contributed by atoms with Crippen LogP contribution in [0, 0.1) is 6.92 Å². The third-order valence-electron chi connectivity index (χ3n) is 5.56. The van der Waals surface area contributed by atoms with E-state index in [-0.39, 0.29) is 5.91 Å². The van der Waals surface area contributed by atoms with Crippen LogP contribution >= 0.6 is 0 Å². The number of imidazole rings is 1. The fourth-order valence-electron chi connectivity index (χ4n) is 3.89. The number of carbonyl (C=O) groups excluding carboxylic acids is 1. The molecule has 2 fully saturated rings. The zero-order chi connectivity index (χ0) is 17.7. The monoisotopic (exact) mass is 351 g/mol. The number of rotatable bonds is 3. The second-order valence-corrected chi connectivity index (χ2v) is 7.35. The lowest BCUT2D eigenvalue weighted by molar-refractivity contribution is 0.0696. The van der Waals surface area contributed by atoms with Crippen molar-refractivity contribution in [3.8, 4) is 0 Å². The normalized spacial score (nSPS) is 18.6. The Kier molecular flexibility index (Phi) is 3.55. The zero-order valence-corrected chi connectivity index (χ0v) is 14.8. The number of piperidine rings is 1. The Morgan fingerprint density at radius 2 is 2.04 bits per heavy atom. The van der Waals surface area contributed by atoms with Gasteiger partial charge in [-0.1, -0.05) is 5.16 Å². The minimum absolute atomic E-state index is 0.0645. The number of hydrogen-bond acceptors (Lipinski definition) is 5. The van der Waals surface area contributed by atoms with Gasteiger partial charge < -0.3 is 14.0 Å². The third-order valence-corrected chi connectivity index (χ3v) is 5.56. The summed E-state index contributed by atoms with van der Waals surface area (Å²) < 4.78 is 7.51. The molecule has 0 aromatic carbocycles. The van der Waals surface area contributed by atoms with Gasteiger partial charge in [0.2, 0.25) is 0 Å². The van der Waals surface area contributed by atoms with Crippen LogP contribution in [0.3, 0.4) is 0 Å². The van der Waals surface area contributed by atoms with Crippen molar-refractivity contribution in [3.63, 3.8) is 0 Å². The first kappa shape index (κ1) is 15.5. The summed E-state index contributed by atoms with van der Waals surface area (Å²) in [4.78, 5) is 23.9. The van der Waals surface area contributed by atoms with Crippen molar-refractivity contribution in [1.82, 2.24) is 24.6 Å². The number of likely N-dealkylation sites (tertiary alicyclic amines) is 1. The second kappa shape index (κ2) is 5.93. The number of carbonyl (C=O) groups is 1. The largest absolute Gasteiger partial charge is 0.338 e. The lowest BCUT2D eigenvalue weighted by Gasteiger charge is -2.32. The molecule has 0 atom stereocenters. The maximum atomic E-state index is 13.3. The van der Waals surface area contributed by atoms with Crippen molar-refractivity contribution in [2.75, 3.05) is 13.1 Å². The number of aromatic nitrogens is 4. The average molecular weight is 351 g/mol. The van der Waals surface area contributed by atoms with Crippen LogP contribution in [0.4, 0.5) is 0 Å². The lowest BCUT2D eigenvalue weighted by atomic mass is 10.0. The van der Waals surface area contributed by atoms with E-state index in [1.807, 2.05) is 30.4 Å². The van der Waals surface area contributed by atoms with Crippen molar-refractivity contribution < 1.29 is 9.32 Å². The molecule has 7 heteroatoms. The molecule has 0 N–H and O–H groups in total. The molecule has 1 aliphatic carbocycles. The summed E-state index contributed by atoms with van der Waals surface area (Å²) in [6.07, 6.45) is 9.81. The van der Waals surface area contributed by atoms with Crippen molar-refractivity contribution >= 4 is 17.0 Å². The molecule has 0 radical (unpaired) electrons. The minimum Gasteiger partial charge on any atom is -0.338 e. The molecule has 3 aromatic heterocycles.